The van der Waals surface area contributed by atoms with Crippen LogP contribution in [0, 0.1) is 0 Å². The lowest BCUT2D eigenvalue weighted by Gasteiger charge is -2.43. The average molecular weight is 443 g/mol. The normalized spacial score (nSPS) is 17.2. The van der Waals surface area contributed by atoms with Gasteiger partial charge in [0.1, 0.15) is 5.75 Å². The zero-order valence-electron chi connectivity index (χ0n) is 19.4. The van der Waals surface area contributed by atoms with Crippen molar-refractivity contribution in [2.75, 3.05) is 16.9 Å². The predicted molar refractivity (Wildman–Crippen MR) is 132 cm³/mol. The molecule has 1 aliphatic rings. The topological polar surface area (TPSA) is 49.9 Å². The molecule has 4 rings (SSSR count). The van der Waals surface area contributed by atoms with Crippen molar-refractivity contribution < 1.29 is 14.3 Å². The van der Waals surface area contributed by atoms with Crippen LogP contribution < -0.4 is 14.5 Å². The molecule has 0 aromatic heterocycles. The minimum atomic E-state index is -0.141. The standard InChI is InChI=1S/C28H30N2O3/c1-4-10-27(31)30(22-11-6-5-7-12-22)26-19-20(2)29(25-14-9-8-13-24(25)26)28(32)21-15-17-23(33-3)18-16-21/h5-9,11-18,20,26H,4,10,19H2,1-3H3. The van der Waals surface area contributed by atoms with Crippen LogP contribution in [0.5, 0.6) is 5.75 Å². The maximum Gasteiger partial charge on any atom is 0.258 e. The van der Waals surface area contributed by atoms with Crippen LogP contribution >= 0.6 is 0 Å². The van der Waals surface area contributed by atoms with E-state index in [0.717, 1.165) is 23.4 Å². The van der Waals surface area contributed by atoms with Gasteiger partial charge in [0, 0.05) is 29.4 Å². The van der Waals surface area contributed by atoms with Crippen molar-refractivity contribution in [3.05, 3.63) is 90.0 Å². The number of anilines is 2. The third kappa shape index (κ3) is 4.49. The van der Waals surface area contributed by atoms with E-state index in [2.05, 4.69) is 6.92 Å². The Morgan fingerprint density at radius 2 is 1.64 bits per heavy atom. The van der Waals surface area contributed by atoms with Gasteiger partial charge in [-0.1, -0.05) is 43.3 Å². The number of nitrogens with zero attached hydrogens (tertiary/aromatic N) is 2. The molecule has 2 unspecified atom stereocenters. The Balaban J connectivity index is 1.75. The number of ether oxygens (including phenoxy) is 1. The molecule has 5 nitrogen and oxygen atoms in total. The summed E-state index contributed by atoms with van der Waals surface area (Å²) < 4.78 is 5.23. The van der Waals surface area contributed by atoms with E-state index in [9.17, 15) is 9.59 Å². The van der Waals surface area contributed by atoms with E-state index < -0.39 is 0 Å². The molecule has 3 aromatic rings. The first-order valence-corrected chi connectivity index (χ1v) is 11.5. The second kappa shape index (κ2) is 9.90. The van der Waals surface area contributed by atoms with Gasteiger partial charge in [-0.25, -0.2) is 0 Å². The van der Waals surface area contributed by atoms with Crippen LogP contribution in [0.4, 0.5) is 11.4 Å². The first-order valence-electron chi connectivity index (χ1n) is 11.5. The van der Waals surface area contributed by atoms with Gasteiger partial charge in [-0.05, 0) is 67.8 Å². The highest BCUT2D eigenvalue weighted by Gasteiger charge is 2.38. The Morgan fingerprint density at radius 1 is 0.970 bits per heavy atom. The molecule has 0 fully saturated rings. The molecule has 0 spiro atoms. The van der Waals surface area contributed by atoms with Crippen LogP contribution in [-0.4, -0.2) is 25.0 Å². The lowest BCUT2D eigenvalue weighted by molar-refractivity contribution is -0.119. The zero-order valence-corrected chi connectivity index (χ0v) is 19.4. The SMILES string of the molecule is CCCC(=O)N(c1ccccc1)C1CC(C)N(C(=O)c2ccc(OC)cc2)c2ccccc21. The monoisotopic (exact) mass is 442 g/mol. The van der Waals surface area contributed by atoms with Gasteiger partial charge in [0.05, 0.1) is 13.2 Å². The van der Waals surface area contributed by atoms with Crippen LogP contribution in [-0.2, 0) is 4.79 Å². The largest absolute Gasteiger partial charge is 0.497 e. The van der Waals surface area contributed by atoms with Gasteiger partial charge >= 0.3 is 0 Å². The fraction of sp³-hybridized carbons (Fsp3) is 0.286. The Labute approximate surface area is 195 Å². The average Bonchev–Trinajstić information content (AvgIpc) is 2.85. The minimum absolute atomic E-state index is 0.0535. The second-order valence-electron chi connectivity index (χ2n) is 8.41. The maximum atomic E-state index is 13.6. The molecule has 170 valence electrons. The van der Waals surface area contributed by atoms with E-state index in [1.54, 1.807) is 31.4 Å². The Kier molecular flexibility index (Phi) is 6.78. The van der Waals surface area contributed by atoms with E-state index in [-0.39, 0.29) is 23.9 Å². The highest BCUT2D eigenvalue weighted by Crippen LogP contribution is 2.43. The van der Waals surface area contributed by atoms with Gasteiger partial charge in [0.2, 0.25) is 5.91 Å². The van der Waals surface area contributed by atoms with Gasteiger partial charge in [0.15, 0.2) is 0 Å². The summed E-state index contributed by atoms with van der Waals surface area (Å²) in [5.41, 5.74) is 3.34. The number of carbonyl (C=O) groups excluding carboxylic acids is 2. The lowest BCUT2D eigenvalue weighted by atomic mass is 9.89. The molecule has 33 heavy (non-hydrogen) atoms. The lowest BCUT2D eigenvalue weighted by Crippen LogP contribution is -2.47. The molecule has 0 N–H and O–H groups in total. The van der Waals surface area contributed by atoms with Crippen molar-refractivity contribution in [1.82, 2.24) is 0 Å². The smallest absolute Gasteiger partial charge is 0.258 e. The van der Waals surface area contributed by atoms with Crippen LogP contribution in [0.1, 0.15) is 55.1 Å². The molecule has 5 heteroatoms. The first kappa shape index (κ1) is 22.6. The summed E-state index contributed by atoms with van der Waals surface area (Å²) in [5.74, 6) is 0.763. The third-order valence-electron chi connectivity index (χ3n) is 6.19. The van der Waals surface area contributed by atoms with Gasteiger partial charge in [-0.3, -0.25) is 9.59 Å². The quantitative estimate of drug-likeness (QED) is 0.470. The number of benzene rings is 3. The van der Waals surface area contributed by atoms with Crippen LogP contribution in [0.3, 0.4) is 0 Å². The second-order valence-corrected chi connectivity index (χ2v) is 8.41. The summed E-state index contributed by atoms with van der Waals surface area (Å²) >= 11 is 0. The third-order valence-corrected chi connectivity index (χ3v) is 6.19. The molecule has 0 saturated carbocycles. The molecular formula is C28H30N2O3. The van der Waals surface area contributed by atoms with Crippen molar-refractivity contribution in [2.45, 2.75) is 45.2 Å². The van der Waals surface area contributed by atoms with Crippen molar-refractivity contribution in [1.29, 1.82) is 0 Å². The zero-order chi connectivity index (χ0) is 23.4. The Bertz CT molecular complexity index is 1110. The van der Waals surface area contributed by atoms with E-state index in [0.29, 0.717) is 24.2 Å². The Hall–Kier alpha value is -3.60. The number of carbonyl (C=O) groups is 2. The van der Waals surface area contributed by atoms with E-state index in [1.165, 1.54) is 0 Å². The molecule has 0 bridgehead atoms. The van der Waals surface area contributed by atoms with Gasteiger partial charge in [-0.2, -0.15) is 0 Å². The first-order chi connectivity index (χ1) is 16.0. The predicted octanol–water partition coefficient (Wildman–Crippen LogP) is 6.01. The molecule has 1 heterocycles. The summed E-state index contributed by atoms with van der Waals surface area (Å²) in [6.45, 7) is 4.08. The van der Waals surface area contributed by atoms with Crippen molar-refractivity contribution >= 4 is 23.2 Å². The number of rotatable bonds is 6. The highest BCUT2D eigenvalue weighted by molar-refractivity contribution is 6.07. The summed E-state index contributed by atoms with van der Waals surface area (Å²) in [5, 5.41) is 0. The number of amides is 2. The van der Waals surface area contributed by atoms with E-state index >= 15 is 0 Å². The molecule has 2 amide bonds. The number of para-hydroxylation sites is 2. The number of fused-ring (bicyclic) bond motifs is 1. The number of hydrogen-bond acceptors (Lipinski definition) is 3. The van der Waals surface area contributed by atoms with Gasteiger partial charge in [-0.15, -0.1) is 0 Å². The fourth-order valence-electron chi connectivity index (χ4n) is 4.63. The molecular weight excluding hydrogens is 412 g/mol. The minimum Gasteiger partial charge on any atom is -0.497 e. The molecule has 0 radical (unpaired) electrons. The summed E-state index contributed by atoms with van der Waals surface area (Å²) in [6.07, 6.45) is 1.92. The molecule has 0 aliphatic carbocycles. The van der Waals surface area contributed by atoms with E-state index in [1.807, 2.05) is 71.3 Å². The summed E-state index contributed by atoms with van der Waals surface area (Å²) in [4.78, 5) is 30.6. The number of methoxy groups -OCH3 is 1. The highest BCUT2D eigenvalue weighted by atomic mass is 16.5. The van der Waals surface area contributed by atoms with Gasteiger partial charge < -0.3 is 14.5 Å². The van der Waals surface area contributed by atoms with Crippen LogP contribution in [0.15, 0.2) is 78.9 Å². The molecule has 0 saturated heterocycles. The number of hydrogen-bond donors (Lipinski definition) is 0. The molecule has 3 aromatic carbocycles. The van der Waals surface area contributed by atoms with Crippen LogP contribution in [0.25, 0.3) is 0 Å². The van der Waals surface area contributed by atoms with Crippen molar-refractivity contribution in [2.24, 2.45) is 0 Å². The van der Waals surface area contributed by atoms with Gasteiger partial charge in [0.25, 0.3) is 5.91 Å². The van der Waals surface area contributed by atoms with Crippen molar-refractivity contribution in [3.63, 3.8) is 0 Å². The van der Waals surface area contributed by atoms with Crippen molar-refractivity contribution in [3.8, 4) is 5.75 Å². The fourth-order valence-corrected chi connectivity index (χ4v) is 4.63. The summed E-state index contributed by atoms with van der Waals surface area (Å²) in [7, 11) is 1.61. The summed E-state index contributed by atoms with van der Waals surface area (Å²) in [6, 6.07) is 24.7. The molecule has 1 aliphatic heterocycles. The van der Waals surface area contributed by atoms with Crippen LogP contribution in [0.2, 0.25) is 0 Å². The Morgan fingerprint density at radius 3 is 2.30 bits per heavy atom. The maximum absolute atomic E-state index is 13.6. The molecule has 2 atom stereocenters. The van der Waals surface area contributed by atoms with E-state index in [4.69, 9.17) is 4.74 Å².